The van der Waals surface area contributed by atoms with Crippen LogP contribution in [0.1, 0.15) is 16.7 Å². The van der Waals surface area contributed by atoms with E-state index in [0.29, 0.717) is 0 Å². The lowest BCUT2D eigenvalue weighted by molar-refractivity contribution is -0.153. The van der Waals surface area contributed by atoms with Gasteiger partial charge in [-0.2, -0.15) is 13.2 Å². The number of halogens is 3. The van der Waals surface area contributed by atoms with Crippen LogP contribution in [0.2, 0.25) is 0 Å². The molecular formula is C19H22F3N3O2. The highest BCUT2D eigenvalue weighted by Crippen LogP contribution is 2.30. The Morgan fingerprint density at radius 1 is 1.07 bits per heavy atom. The van der Waals surface area contributed by atoms with Crippen LogP contribution in [0.4, 0.5) is 18.9 Å². The molecule has 5 nitrogen and oxygen atoms in total. The predicted molar refractivity (Wildman–Crippen MR) is 99.4 cm³/mol. The third-order valence-electron chi connectivity index (χ3n) is 3.55. The Kier molecular flexibility index (Phi) is 6.55. The number of aliphatic imine (C=N–C) groups is 1. The lowest BCUT2D eigenvalue weighted by Gasteiger charge is -2.13. The van der Waals surface area contributed by atoms with Gasteiger partial charge in [0, 0.05) is 5.69 Å². The quantitative estimate of drug-likeness (QED) is 0.582. The summed E-state index contributed by atoms with van der Waals surface area (Å²) in [5, 5.41) is 3.02. The Morgan fingerprint density at radius 3 is 2.33 bits per heavy atom. The first-order chi connectivity index (χ1) is 12.7. The second kappa shape index (κ2) is 8.66. The largest absolute Gasteiger partial charge is 0.493 e. The first-order valence-corrected chi connectivity index (χ1v) is 8.18. The Bertz CT molecular complexity index is 800. The number of methoxy groups -OCH3 is 1. The number of benzene rings is 2. The van der Waals surface area contributed by atoms with Crippen LogP contribution in [0.3, 0.4) is 0 Å². The summed E-state index contributed by atoms with van der Waals surface area (Å²) in [6, 6.07) is 10.5. The molecule has 0 saturated heterocycles. The van der Waals surface area contributed by atoms with Crippen LogP contribution in [0.5, 0.6) is 11.5 Å². The number of rotatable bonds is 6. The highest BCUT2D eigenvalue weighted by Gasteiger charge is 2.29. The Hall–Kier alpha value is -2.90. The zero-order valence-corrected chi connectivity index (χ0v) is 15.4. The van der Waals surface area contributed by atoms with Gasteiger partial charge in [-0.1, -0.05) is 12.1 Å². The van der Waals surface area contributed by atoms with Gasteiger partial charge in [0.1, 0.15) is 0 Å². The first kappa shape index (κ1) is 20.4. The zero-order chi connectivity index (χ0) is 20.0. The van der Waals surface area contributed by atoms with Crippen molar-refractivity contribution in [2.75, 3.05) is 19.0 Å². The summed E-state index contributed by atoms with van der Waals surface area (Å²) in [5.41, 5.74) is 9.66. The molecule has 146 valence electrons. The molecule has 2 aromatic carbocycles. The van der Waals surface area contributed by atoms with E-state index in [2.05, 4.69) is 10.3 Å². The van der Waals surface area contributed by atoms with E-state index in [0.717, 1.165) is 22.4 Å². The molecule has 0 aliphatic rings. The molecule has 0 amide bonds. The predicted octanol–water partition coefficient (Wildman–Crippen LogP) is 4.18. The molecule has 0 bridgehead atoms. The van der Waals surface area contributed by atoms with Crippen molar-refractivity contribution in [3.8, 4) is 11.5 Å². The summed E-state index contributed by atoms with van der Waals surface area (Å²) in [5.74, 6) is 0.452. The molecule has 0 atom stereocenters. The number of nitrogens with two attached hydrogens (primary N) is 1. The maximum Gasteiger partial charge on any atom is 0.422 e. The third-order valence-corrected chi connectivity index (χ3v) is 3.55. The average molecular weight is 381 g/mol. The van der Waals surface area contributed by atoms with Crippen molar-refractivity contribution >= 4 is 11.6 Å². The molecule has 2 aromatic rings. The maximum absolute atomic E-state index is 12.3. The van der Waals surface area contributed by atoms with E-state index in [1.165, 1.54) is 13.2 Å². The molecule has 2 rings (SSSR count). The van der Waals surface area contributed by atoms with Crippen LogP contribution in [0.25, 0.3) is 0 Å². The molecule has 0 radical (unpaired) electrons. The molecule has 8 heteroatoms. The number of aryl methyl sites for hydroxylation is 2. The number of guanidine groups is 1. The number of nitrogens with zero attached hydrogens (tertiary/aromatic N) is 1. The fraction of sp³-hybridized carbons (Fsp3) is 0.316. The normalized spacial score (nSPS) is 12.0. The van der Waals surface area contributed by atoms with Crippen molar-refractivity contribution < 1.29 is 22.6 Å². The van der Waals surface area contributed by atoms with Crippen molar-refractivity contribution in [2.24, 2.45) is 10.7 Å². The molecule has 0 aliphatic carbocycles. The minimum atomic E-state index is -4.41. The minimum absolute atomic E-state index is 0.0175. The average Bonchev–Trinajstić information content (AvgIpc) is 2.56. The van der Waals surface area contributed by atoms with E-state index < -0.39 is 12.8 Å². The van der Waals surface area contributed by atoms with E-state index in [4.69, 9.17) is 15.2 Å². The second-order valence-electron chi connectivity index (χ2n) is 6.09. The van der Waals surface area contributed by atoms with E-state index in [1.807, 2.05) is 32.0 Å². The fourth-order valence-electron chi connectivity index (χ4n) is 2.50. The molecule has 0 heterocycles. The monoisotopic (exact) mass is 381 g/mol. The SMILES string of the molecule is COc1cc(CN=C(N)Nc2cc(C)cc(C)c2)ccc1OCC(F)(F)F. The highest BCUT2D eigenvalue weighted by atomic mass is 19.4. The van der Waals surface area contributed by atoms with Gasteiger partial charge in [0.05, 0.1) is 13.7 Å². The lowest BCUT2D eigenvalue weighted by atomic mass is 10.1. The van der Waals surface area contributed by atoms with Gasteiger partial charge in [0.2, 0.25) is 0 Å². The van der Waals surface area contributed by atoms with Gasteiger partial charge < -0.3 is 20.5 Å². The smallest absolute Gasteiger partial charge is 0.422 e. The van der Waals surface area contributed by atoms with Gasteiger partial charge in [-0.05, 0) is 54.8 Å². The summed E-state index contributed by atoms with van der Waals surface area (Å²) in [4.78, 5) is 4.25. The van der Waals surface area contributed by atoms with Gasteiger partial charge in [0.25, 0.3) is 0 Å². The van der Waals surface area contributed by atoms with E-state index in [9.17, 15) is 13.2 Å². The van der Waals surface area contributed by atoms with Gasteiger partial charge >= 0.3 is 6.18 Å². The Labute approximate surface area is 156 Å². The third kappa shape index (κ3) is 6.73. The molecule has 0 saturated carbocycles. The van der Waals surface area contributed by atoms with Crippen LogP contribution >= 0.6 is 0 Å². The van der Waals surface area contributed by atoms with Crippen molar-refractivity contribution in [3.05, 3.63) is 53.1 Å². The fourth-order valence-corrected chi connectivity index (χ4v) is 2.50. The molecule has 0 unspecified atom stereocenters. The number of ether oxygens (including phenoxy) is 2. The molecule has 3 N–H and O–H groups in total. The van der Waals surface area contributed by atoms with Crippen LogP contribution in [0, 0.1) is 13.8 Å². The Morgan fingerprint density at radius 2 is 1.74 bits per heavy atom. The van der Waals surface area contributed by atoms with Gasteiger partial charge in [-0.15, -0.1) is 0 Å². The van der Waals surface area contributed by atoms with Gasteiger partial charge in [0.15, 0.2) is 24.1 Å². The lowest BCUT2D eigenvalue weighted by Crippen LogP contribution is -2.22. The van der Waals surface area contributed by atoms with Crippen LogP contribution in [-0.2, 0) is 6.54 Å². The van der Waals surface area contributed by atoms with Gasteiger partial charge in [-0.3, -0.25) is 0 Å². The van der Waals surface area contributed by atoms with Crippen LogP contribution in [0.15, 0.2) is 41.4 Å². The topological polar surface area (TPSA) is 68.9 Å². The summed E-state index contributed by atoms with van der Waals surface area (Å²) in [6.07, 6.45) is -4.41. The van der Waals surface area contributed by atoms with E-state index >= 15 is 0 Å². The molecule has 0 aromatic heterocycles. The number of alkyl halides is 3. The number of anilines is 1. The molecule has 0 aliphatic heterocycles. The van der Waals surface area contributed by atoms with Crippen molar-refractivity contribution in [2.45, 2.75) is 26.6 Å². The van der Waals surface area contributed by atoms with E-state index in [-0.39, 0.29) is 24.0 Å². The number of hydrogen-bond acceptors (Lipinski definition) is 3. The Balaban J connectivity index is 2.04. The maximum atomic E-state index is 12.3. The standard InChI is InChI=1S/C19H22F3N3O2/c1-12-6-13(2)8-15(7-12)25-18(23)24-10-14-4-5-16(17(9-14)26-3)27-11-19(20,21)22/h4-9H,10-11H2,1-3H3,(H3,23,24,25). The molecule has 0 fully saturated rings. The molecule has 0 spiro atoms. The van der Waals surface area contributed by atoms with E-state index in [1.54, 1.807) is 12.1 Å². The van der Waals surface area contributed by atoms with Gasteiger partial charge in [-0.25, -0.2) is 4.99 Å². The number of hydrogen-bond donors (Lipinski definition) is 2. The summed E-state index contributed by atoms with van der Waals surface area (Å²) in [6.45, 7) is 2.83. The van der Waals surface area contributed by atoms with Crippen LogP contribution in [-0.4, -0.2) is 25.9 Å². The van der Waals surface area contributed by atoms with Crippen LogP contribution < -0.4 is 20.5 Å². The summed E-state index contributed by atoms with van der Waals surface area (Å²) >= 11 is 0. The van der Waals surface area contributed by atoms with Crippen molar-refractivity contribution in [1.29, 1.82) is 0 Å². The summed E-state index contributed by atoms with van der Waals surface area (Å²) in [7, 11) is 1.36. The number of nitrogens with one attached hydrogen (secondary N) is 1. The van der Waals surface area contributed by atoms with Crippen molar-refractivity contribution in [1.82, 2.24) is 0 Å². The molecular weight excluding hydrogens is 359 g/mol. The summed E-state index contributed by atoms with van der Waals surface area (Å²) < 4.78 is 46.7. The highest BCUT2D eigenvalue weighted by molar-refractivity contribution is 5.92. The second-order valence-corrected chi connectivity index (χ2v) is 6.09. The minimum Gasteiger partial charge on any atom is -0.493 e. The zero-order valence-electron chi connectivity index (χ0n) is 15.4. The molecule has 27 heavy (non-hydrogen) atoms. The first-order valence-electron chi connectivity index (χ1n) is 8.18. The van der Waals surface area contributed by atoms with Crippen molar-refractivity contribution in [3.63, 3.8) is 0 Å².